The quantitative estimate of drug-likeness (QED) is 0.661. The summed E-state index contributed by atoms with van der Waals surface area (Å²) in [5.41, 5.74) is 2.28. The minimum Gasteiger partial charge on any atom is -0.497 e. The van der Waals surface area contributed by atoms with Gasteiger partial charge in [0.25, 0.3) is 5.91 Å². The van der Waals surface area contributed by atoms with Crippen LogP contribution in [-0.4, -0.2) is 36.7 Å². The zero-order chi connectivity index (χ0) is 19.5. The second kappa shape index (κ2) is 7.76. The summed E-state index contributed by atoms with van der Waals surface area (Å²) in [6.07, 6.45) is 1.90. The first-order valence-electron chi connectivity index (χ1n) is 9.25. The Balaban J connectivity index is 1.53. The fourth-order valence-corrected chi connectivity index (χ4v) is 3.60. The molecule has 1 aromatic heterocycles. The Kier molecular flexibility index (Phi) is 5.02. The maximum atomic E-state index is 13.1. The number of ether oxygens (including phenoxy) is 2. The summed E-state index contributed by atoms with van der Waals surface area (Å²) < 4.78 is 15.8. The van der Waals surface area contributed by atoms with Crippen LogP contribution in [0.4, 0.5) is 0 Å². The molecule has 1 aliphatic rings. The van der Waals surface area contributed by atoms with Gasteiger partial charge < -0.3 is 18.9 Å². The number of hydrogen-bond acceptors (Lipinski definition) is 5. The molecule has 28 heavy (non-hydrogen) atoms. The average Bonchev–Trinajstić information content (AvgIpc) is 3.43. The summed E-state index contributed by atoms with van der Waals surface area (Å²) in [6.45, 7) is 0.709. The zero-order valence-corrected chi connectivity index (χ0v) is 15.9. The summed E-state index contributed by atoms with van der Waals surface area (Å²) in [5, 5.41) is 4.02. The number of benzene rings is 2. The van der Waals surface area contributed by atoms with Gasteiger partial charge in [0.2, 0.25) is 0 Å². The first-order chi connectivity index (χ1) is 13.7. The van der Waals surface area contributed by atoms with Crippen molar-refractivity contribution in [2.75, 3.05) is 20.8 Å². The standard InChI is InChI=1S/C22H22N2O4/c1-26-17-9-5-15(6-10-17)20-4-3-13-24(20)22(25)19-14-21(28-23-19)16-7-11-18(27-2)12-8-16/h5-12,14,20H,3-4,13H2,1-2H3/t20-/m1/s1. The van der Waals surface area contributed by atoms with Gasteiger partial charge in [0.15, 0.2) is 11.5 Å². The minimum atomic E-state index is -0.109. The van der Waals surface area contributed by atoms with Gasteiger partial charge in [-0.15, -0.1) is 0 Å². The number of likely N-dealkylation sites (tertiary alicyclic amines) is 1. The molecule has 1 aliphatic heterocycles. The predicted molar refractivity (Wildman–Crippen MR) is 104 cm³/mol. The van der Waals surface area contributed by atoms with Crippen molar-refractivity contribution in [1.82, 2.24) is 10.1 Å². The summed E-state index contributed by atoms with van der Waals surface area (Å²) in [7, 11) is 3.26. The van der Waals surface area contributed by atoms with Crippen LogP contribution in [0.2, 0.25) is 0 Å². The van der Waals surface area contributed by atoms with Crippen molar-refractivity contribution in [3.05, 3.63) is 65.9 Å². The maximum absolute atomic E-state index is 13.1. The normalized spacial score (nSPS) is 16.2. The highest BCUT2D eigenvalue weighted by Gasteiger charge is 2.32. The fourth-order valence-electron chi connectivity index (χ4n) is 3.60. The lowest BCUT2D eigenvalue weighted by Crippen LogP contribution is -2.30. The molecule has 0 spiro atoms. The minimum absolute atomic E-state index is 0.0412. The third-order valence-electron chi connectivity index (χ3n) is 5.12. The molecule has 0 saturated carbocycles. The van der Waals surface area contributed by atoms with E-state index in [0.717, 1.165) is 35.5 Å². The highest BCUT2D eigenvalue weighted by Crippen LogP contribution is 2.34. The maximum Gasteiger partial charge on any atom is 0.276 e. The summed E-state index contributed by atoms with van der Waals surface area (Å²) in [5.74, 6) is 2.02. The lowest BCUT2D eigenvalue weighted by molar-refractivity contribution is 0.0725. The van der Waals surface area contributed by atoms with E-state index in [2.05, 4.69) is 5.16 Å². The largest absolute Gasteiger partial charge is 0.497 e. The molecule has 0 radical (unpaired) electrons. The van der Waals surface area contributed by atoms with E-state index < -0.39 is 0 Å². The monoisotopic (exact) mass is 378 g/mol. The average molecular weight is 378 g/mol. The van der Waals surface area contributed by atoms with Crippen LogP contribution in [-0.2, 0) is 0 Å². The van der Waals surface area contributed by atoms with Crippen LogP contribution in [0.1, 0.15) is 34.9 Å². The highest BCUT2D eigenvalue weighted by atomic mass is 16.5. The molecule has 144 valence electrons. The number of carbonyl (C=O) groups excluding carboxylic acids is 1. The van der Waals surface area contributed by atoms with Crippen LogP contribution >= 0.6 is 0 Å². The molecule has 3 aromatic rings. The number of methoxy groups -OCH3 is 2. The lowest BCUT2D eigenvalue weighted by Gasteiger charge is -2.24. The third kappa shape index (κ3) is 3.45. The number of carbonyl (C=O) groups is 1. The van der Waals surface area contributed by atoms with Crippen LogP contribution < -0.4 is 9.47 Å². The third-order valence-corrected chi connectivity index (χ3v) is 5.12. The Labute approximate surface area is 163 Å². The molecule has 1 saturated heterocycles. The van der Waals surface area contributed by atoms with E-state index in [4.69, 9.17) is 14.0 Å². The van der Waals surface area contributed by atoms with Gasteiger partial charge in [-0.3, -0.25) is 4.79 Å². The van der Waals surface area contributed by atoms with Gasteiger partial charge in [0.1, 0.15) is 11.5 Å². The van der Waals surface area contributed by atoms with E-state index in [-0.39, 0.29) is 11.9 Å². The van der Waals surface area contributed by atoms with Crippen LogP contribution in [0.25, 0.3) is 11.3 Å². The van der Waals surface area contributed by atoms with Crippen molar-refractivity contribution in [3.63, 3.8) is 0 Å². The summed E-state index contributed by atoms with van der Waals surface area (Å²) in [4.78, 5) is 14.9. The molecule has 1 amide bonds. The molecule has 2 heterocycles. The van der Waals surface area contributed by atoms with Crippen molar-refractivity contribution in [3.8, 4) is 22.8 Å². The Morgan fingerprint density at radius 3 is 2.32 bits per heavy atom. The van der Waals surface area contributed by atoms with Crippen molar-refractivity contribution >= 4 is 5.91 Å². The van der Waals surface area contributed by atoms with E-state index in [1.807, 2.05) is 53.4 Å². The van der Waals surface area contributed by atoms with Crippen LogP contribution in [0.5, 0.6) is 11.5 Å². The fraction of sp³-hybridized carbons (Fsp3) is 0.273. The second-order valence-corrected chi connectivity index (χ2v) is 6.73. The molecular formula is C22H22N2O4. The number of hydrogen-bond donors (Lipinski definition) is 0. The van der Waals surface area contributed by atoms with Crippen LogP contribution in [0.15, 0.2) is 59.1 Å². The van der Waals surface area contributed by atoms with Gasteiger partial charge in [-0.25, -0.2) is 0 Å². The van der Waals surface area contributed by atoms with E-state index in [1.54, 1.807) is 20.3 Å². The Morgan fingerprint density at radius 2 is 1.68 bits per heavy atom. The highest BCUT2D eigenvalue weighted by molar-refractivity contribution is 5.93. The second-order valence-electron chi connectivity index (χ2n) is 6.73. The van der Waals surface area contributed by atoms with Gasteiger partial charge >= 0.3 is 0 Å². The first kappa shape index (κ1) is 18.1. The van der Waals surface area contributed by atoms with Gasteiger partial charge in [-0.2, -0.15) is 0 Å². The zero-order valence-electron chi connectivity index (χ0n) is 15.9. The van der Waals surface area contributed by atoms with Gasteiger partial charge in [0.05, 0.1) is 20.3 Å². The molecule has 0 N–H and O–H groups in total. The molecule has 1 atom stereocenters. The number of nitrogens with zero attached hydrogens (tertiary/aromatic N) is 2. The Morgan fingerprint density at radius 1 is 1.04 bits per heavy atom. The van der Waals surface area contributed by atoms with E-state index in [1.165, 1.54) is 0 Å². The molecule has 1 fully saturated rings. The molecule has 2 aromatic carbocycles. The lowest BCUT2D eigenvalue weighted by atomic mass is 10.0. The van der Waals surface area contributed by atoms with Crippen molar-refractivity contribution in [1.29, 1.82) is 0 Å². The van der Waals surface area contributed by atoms with Gasteiger partial charge in [0, 0.05) is 18.2 Å². The van der Waals surface area contributed by atoms with E-state index in [0.29, 0.717) is 18.0 Å². The van der Waals surface area contributed by atoms with E-state index in [9.17, 15) is 4.79 Å². The van der Waals surface area contributed by atoms with Gasteiger partial charge in [-0.1, -0.05) is 17.3 Å². The summed E-state index contributed by atoms with van der Waals surface area (Å²) >= 11 is 0. The first-order valence-corrected chi connectivity index (χ1v) is 9.25. The molecule has 4 rings (SSSR count). The van der Waals surface area contributed by atoms with E-state index >= 15 is 0 Å². The smallest absolute Gasteiger partial charge is 0.276 e. The molecule has 6 nitrogen and oxygen atoms in total. The Hall–Kier alpha value is -3.28. The van der Waals surface area contributed by atoms with Crippen molar-refractivity contribution in [2.45, 2.75) is 18.9 Å². The SMILES string of the molecule is COc1ccc(-c2cc(C(=O)N3CCC[C@@H]3c3ccc(OC)cc3)no2)cc1. The number of rotatable bonds is 5. The molecule has 0 unspecified atom stereocenters. The van der Waals surface area contributed by atoms with Crippen molar-refractivity contribution in [2.24, 2.45) is 0 Å². The molecule has 0 bridgehead atoms. The van der Waals surface area contributed by atoms with Gasteiger partial charge in [-0.05, 0) is 54.8 Å². The number of amides is 1. The molecule has 6 heteroatoms. The molecular weight excluding hydrogens is 356 g/mol. The predicted octanol–water partition coefficient (Wildman–Crippen LogP) is 4.34. The van der Waals surface area contributed by atoms with Crippen LogP contribution in [0.3, 0.4) is 0 Å². The number of aromatic nitrogens is 1. The van der Waals surface area contributed by atoms with Crippen molar-refractivity contribution < 1.29 is 18.8 Å². The Bertz CT molecular complexity index is 947. The topological polar surface area (TPSA) is 64.8 Å². The van der Waals surface area contributed by atoms with Crippen LogP contribution in [0, 0.1) is 0 Å². The molecule has 0 aliphatic carbocycles. The summed E-state index contributed by atoms with van der Waals surface area (Å²) in [6, 6.07) is 17.1.